The summed E-state index contributed by atoms with van der Waals surface area (Å²) >= 11 is 0. The lowest BCUT2D eigenvalue weighted by Gasteiger charge is -2.13. The van der Waals surface area contributed by atoms with Gasteiger partial charge in [0.25, 0.3) is 0 Å². The van der Waals surface area contributed by atoms with Gasteiger partial charge in [0.2, 0.25) is 0 Å². The van der Waals surface area contributed by atoms with E-state index in [1.807, 2.05) is 24.3 Å². The third-order valence-corrected chi connectivity index (χ3v) is 4.47. The quantitative estimate of drug-likeness (QED) is 0.624. The molecule has 3 aromatic rings. The molecule has 0 radical (unpaired) electrons. The number of benzene rings is 1. The maximum atomic E-state index is 11.4. The number of anilines is 1. The second kappa shape index (κ2) is 7.27. The van der Waals surface area contributed by atoms with Crippen molar-refractivity contribution in [2.24, 2.45) is 0 Å². The summed E-state index contributed by atoms with van der Waals surface area (Å²) in [6.45, 7) is 2.42. The van der Waals surface area contributed by atoms with E-state index in [4.69, 9.17) is 9.47 Å². The minimum Gasteiger partial charge on any atom is -0.381 e. The Bertz CT molecular complexity index is 959. The largest absolute Gasteiger partial charge is 0.381 e. The molecule has 2 aromatic heterocycles. The highest BCUT2D eigenvalue weighted by atomic mass is 16.5. The second-order valence-corrected chi connectivity index (χ2v) is 6.40. The third-order valence-electron chi connectivity index (χ3n) is 4.47. The van der Waals surface area contributed by atoms with Crippen molar-refractivity contribution in [3.05, 3.63) is 51.8 Å². The van der Waals surface area contributed by atoms with Gasteiger partial charge in [-0.25, -0.2) is 14.8 Å². The summed E-state index contributed by atoms with van der Waals surface area (Å²) in [4.78, 5) is 26.0. The van der Waals surface area contributed by atoms with Gasteiger partial charge in [-0.05, 0) is 24.1 Å². The van der Waals surface area contributed by atoms with Crippen molar-refractivity contribution in [3.8, 4) is 0 Å². The molecule has 0 bridgehead atoms. The molecule has 1 aliphatic heterocycles. The van der Waals surface area contributed by atoms with E-state index in [2.05, 4.69) is 25.3 Å². The lowest BCUT2D eigenvalue weighted by molar-refractivity contribution is 0.177. The molecule has 0 aliphatic carbocycles. The molecular weight excluding hydrogens is 334 g/mol. The predicted molar refractivity (Wildman–Crippen MR) is 97.2 cm³/mol. The van der Waals surface area contributed by atoms with Gasteiger partial charge in [-0.15, -0.1) is 0 Å². The molecule has 1 fully saturated rings. The summed E-state index contributed by atoms with van der Waals surface area (Å²) in [5.41, 5.74) is 3.42. The van der Waals surface area contributed by atoms with E-state index in [0.717, 1.165) is 41.1 Å². The van der Waals surface area contributed by atoms with Gasteiger partial charge in [-0.2, -0.15) is 0 Å². The Morgan fingerprint density at radius 2 is 2.15 bits per heavy atom. The highest BCUT2D eigenvalue weighted by molar-refractivity contribution is 5.75. The second-order valence-electron chi connectivity index (χ2n) is 6.40. The third kappa shape index (κ3) is 3.61. The van der Waals surface area contributed by atoms with Crippen molar-refractivity contribution in [2.75, 3.05) is 25.6 Å². The summed E-state index contributed by atoms with van der Waals surface area (Å²) < 4.78 is 10.7. The Morgan fingerprint density at radius 3 is 2.96 bits per heavy atom. The van der Waals surface area contributed by atoms with Crippen LogP contribution in [0.15, 0.2) is 29.1 Å². The molecule has 3 N–H and O–H groups in total. The lowest BCUT2D eigenvalue weighted by atomic mass is 10.0. The number of H-pyrrole nitrogens is 2. The number of ether oxygens (including phenoxy) is 2. The molecule has 1 saturated heterocycles. The van der Waals surface area contributed by atoms with Crippen LogP contribution in [0.1, 0.15) is 29.4 Å². The summed E-state index contributed by atoms with van der Waals surface area (Å²) in [6, 6.07) is 7.79. The molecule has 8 heteroatoms. The molecule has 8 nitrogen and oxygen atoms in total. The maximum absolute atomic E-state index is 11.4. The number of hydrogen-bond donors (Lipinski definition) is 3. The maximum Gasteiger partial charge on any atom is 0.323 e. The van der Waals surface area contributed by atoms with Gasteiger partial charge in [0, 0.05) is 32.2 Å². The molecule has 0 spiro atoms. The van der Waals surface area contributed by atoms with Gasteiger partial charge in [0.1, 0.15) is 12.4 Å². The number of rotatable bonds is 6. The van der Waals surface area contributed by atoms with Crippen molar-refractivity contribution in [3.63, 3.8) is 0 Å². The molecule has 136 valence electrons. The summed E-state index contributed by atoms with van der Waals surface area (Å²) in [6.07, 6.45) is 0.973. The number of hydrogen-bond acceptors (Lipinski definition) is 6. The van der Waals surface area contributed by atoms with Crippen LogP contribution >= 0.6 is 0 Å². The first-order chi connectivity index (χ1) is 12.7. The zero-order chi connectivity index (χ0) is 17.9. The van der Waals surface area contributed by atoms with Gasteiger partial charge in [0.15, 0.2) is 5.82 Å². The van der Waals surface area contributed by atoms with Crippen molar-refractivity contribution in [1.29, 1.82) is 0 Å². The lowest BCUT2D eigenvalue weighted by Crippen LogP contribution is -2.10. The van der Waals surface area contributed by atoms with Crippen molar-refractivity contribution in [1.82, 2.24) is 19.9 Å². The average molecular weight is 355 g/mol. The molecule has 0 amide bonds. The predicted octanol–water partition coefficient (Wildman–Crippen LogP) is 1.91. The fraction of sp³-hybridized carbons (Fsp3) is 0.389. The highest BCUT2D eigenvalue weighted by Crippen LogP contribution is 2.25. The Hall–Kier alpha value is -2.71. The van der Waals surface area contributed by atoms with Crippen LogP contribution in [0.3, 0.4) is 0 Å². The van der Waals surface area contributed by atoms with E-state index >= 15 is 0 Å². The number of aromatic nitrogens is 4. The molecule has 4 rings (SSSR count). The standard InChI is InChI=1S/C18H21N5O3/c1-25-10-17-20-14(12-4-5-26-9-12)7-16(23-17)19-8-11-2-3-13-15(6-11)22-18(24)21-13/h2-3,6-7,12H,4-5,8-10H2,1H3,(H,19,20,23)(H2,21,22,24)/t12-/m0/s1. The molecular formula is C18H21N5O3. The van der Waals surface area contributed by atoms with Crippen molar-refractivity contribution < 1.29 is 9.47 Å². The van der Waals surface area contributed by atoms with E-state index in [1.165, 1.54) is 0 Å². The molecule has 26 heavy (non-hydrogen) atoms. The minimum absolute atomic E-state index is 0.200. The van der Waals surface area contributed by atoms with Crippen LogP contribution in [-0.2, 0) is 22.6 Å². The number of methoxy groups -OCH3 is 1. The first-order valence-corrected chi connectivity index (χ1v) is 8.60. The molecule has 1 aromatic carbocycles. The fourth-order valence-corrected chi connectivity index (χ4v) is 3.16. The first-order valence-electron chi connectivity index (χ1n) is 8.60. The Balaban J connectivity index is 1.54. The summed E-state index contributed by atoms with van der Waals surface area (Å²) in [5, 5.41) is 3.35. The van der Waals surface area contributed by atoms with E-state index in [9.17, 15) is 4.79 Å². The molecule has 0 unspecified atom stereocenters. The first kappa shape index (κ1) is 16.7. The van der Waals surface area contributed by atoms with Gasteiger partial charge in [0.05, 0.1) is 23.3 Å². The van der Waals surface area contributed by atoms with Crippen LogP contribution in [0, 0.1) is 0 Å². The normalized spacial score (nSPS) is 17.0. The van der Waals surface area contributed by atoms with Crippen molar-refractivity contribution >= 4 is 16.9 Å². The monoisotopic (exact) mass is 355 g/mol. The van der Waals surface area contributed by atoms with E-state index < -0.39 is 0 Å². The Kier molecular flexibility index (Phi) is 4.68. The molecule has 3 heterocycles. The number of nitrogens with one attached hydrogen (secondary N) is 3. The average Bonchev–Trinajstić information content (AvgIpc) is 3.28. The van der Waals surface area contributed by atoms with Crippen LogP contribution in [0.2, 0.25) is 0 Å². The number of imidazole rings is 1. The number of aromatic amines is 2. The van der Waals surface area contributed by atoms with Crippen LogP contribution in [0.5, 0.6) is 0 Å². The SMILES string of the molecule is COCc1nc(NCc2ccc3[nH]c(=O)[nH]c3c2)cc([C@H]2CCOC2)n1. The summed E-state index contributed by atoms with van der Waals surface area (Å²) in [7, 11) is 1.63. The smallest absolute Gasteiger partial charge is 0.323 e. The van der Waals surface area contributed by atoms with Crippen LogP contribution in [-0.4, -0.2) is 40.3 Å². The summed E-state index contributed by atoms with van der Waals surface area (Å²) in [5.74, 6) is 1.72. The van der Waals surface area contributed by atoms with E-state index in [1.54, 1.807) is 7.11 Å². The topological polar surface area (TPSA) is 105 Å². The van der Waals surface area contributed by atoms with Gasteiger partial charge in [-0.1, -0.05) is 6.07 Å². The molecule has 1 atom stereocenters. The van der Waals surface area contributed by atoms with Crippen molar-refractivity contribution in [2.45, 2.75) is 25.5 Å². The molecule has 0 saturated carbocycles. The van der Waals surface area contributed by atoms with Crippen LogP contribution in [0.4, 0.5) is 5.82 Å². The zero-order valence-electron chi connectivity index (χ0n) is 14.5. The molecule has 1 aliphatic rings. The number of nitrogens with zero attached hydrogens (tertiary/aromatic N) is 2. The Morgan fingerprint density at radius 1 is 1.27 bits per heavy atom. The van der Waals surface area contributed by atoms with E-state index in [-0.39, 0.29) is 5.69 Å². The zero-order valence-corrected chi connectivity index (χ0v) is 14.5. The fourth-order valence-electron chi connectivity index (χ4n) is 3.16. The van der Waals surface area contributed by atoms with Crippen LogP contribution < -0.4 is 11.0 Å². The van der Waals surface area contributed by atoms with Gasteiger partial charge in [-0.3, -0.25) is 0 Å². The highest BCUT2D eigenvalue weighted by Gasteiger charge is 2.20. The van der Waals surface area contributed by atoms with E-state index in [0.29, 0.717) is 31.5 Å². The Labute approximate surface area is 150 Å². The number of fused-ring (bicyclic) bond motifs is 1. The van der Waals surface area contributed by atoms with Crippen LogP contribution in [0.25, 0.3) is 11.0 Å². The minimum atomic E-state index is -0.200. The van der Waals surface area contributed by atoms with Gasteiger partial charge >= 0.3 is 5.69 Å². The van der Waals surface area contributed by atoms with Gasteiger partial charge < -0.3 is 24.8 Å².